The Kier molecular flexibility index (Phi) is 4.77. The van der Waals surface area contributed by atoms with Gasteiger partial charge in [0.15, 0.2) is 0 Å². The molecule has 104 valence electrons. The SMILES string of the molecule is CCC1CCCC(Nc2cccc([N+](=O)[O-])c2)CC1. The van der Waals surface area contributed by atoms with Crippen LogP contribution in [0.25, 0.3) is 0 Å². The predicted octanol–water partition coefficient (Wildman–Crippen LogP) is 4.37. The van der Waals surface area contributed by atoms with Crippen molar-refractivity contribution in [2.24, 2.45) is 5.92 Å². The summed E-state index contributed by atoms with van der Waals surface area (Å²) >= 11 is 0. The number of hydrogen-bond acceptors (Lipinski definition) is 3. The molecular formula is C15H22N2O2. The zero-order valence-electron chi connectivity index (χ0n) is 11.5. The maximum absolute atomic E-state index is 10.8. The Morgan fingerprint density at radius 1 is 1.32 bits per heavy atom. The highest BCUT2D eigenvalue weighted by atomic mass is 16.6. The molecule has 0 aliphatic heterocycles. The van der Waals surface area contributed by atoms with Gasteiger partial charge in [-0.25, -0.2) is 0 Å². The summed E-state index contributed by atoms with van der Waals surface area (Å²) in [5.41, 5.74) is 1.03. The van der Waals surface area contributed by atoms with Gasteiger partial charge in [-0.3, -0.25) is 10.1 Å². The Balaban J connectivity index is 1.97. The Labute approximate surface area is 114 Å². The number of rotatable bonds is 4. The number of nitrogens with zero attached hydrogens (tertiary/aromatic N) is 1. The van der Waals surface area contributed by atoms with Crippen molar-refractivity contribution in [1.82, 2.24) is 0 Å². The smallest absolute Gasteiger partial charge is 0.271 e. The minimum Gasteiger partial charge on any atom is -0.382 e. The highest BCUT2D eigenvalue weighted by Crippen LogP contribution is 2.28. The van der Waals surface area contributed by atoms with Gasteiger partial charge < -0.3 is 5.32 Å². The van der Waals surface area contributed by atoms with E-state index in [1.165, 1.54) is 44.6 Å². The van der Waals surface area contributed by atoms with E-state index in [1.54, 1.807) is 12.1 Å². The highest BCUT2D eigenvalue weighted by Gasteiger charge is 2.18. The van der Waals surface area contributed by atoms with Gasteiger partial charge >= 0.3 is 0 Å². The molecule has 1 aromatic rings. The normalized spacial score (nSPS) is 23.6. The standard InChI is InChI=1S/C15H22N2O2/c1-2-12-5-3-6-13(10-9-12)16-14-7-4-8-15(11-14)17(18)19/h4,7-8,11-13,16H,2-3,5-6,9-10H2,1H3. The van der Waals surface area contributed by atoms with Crippen molar-refractivity contribution >= 4 is 11.4 Å². The second kappa shape index (κ2) is 6.55. The van der Waals surface area contributed by atoms with E-state index < -0.39 is 0 Å². The molecule has 1 N–H and O–H groups in total. The molecule has 0 saturated heterocycles. The second-order valence-electron chi connectivity index (χ2n) is 5.43. The Bertz CT molecular complexity index is 434. The van der Waals surface area contributed by atoms with E-state index in [2.05, 4.69) is 12.2 Å². The summed E-state index contributed by atoms with van der Waals surface area (Å²) in [4.78, 5) is 10.4. The first-order valence-corrected chi connectivity index (χ1v) is 7.20. The van der Waals surface area contributed by atoms with Gasteiger partial charge in [0.1, 0.15) is 0 Å². The summed E-state index contributed by atoms with van der Waals surface area (Å²) in [6.07, 6.45) is 7.45. The van der Waals surface area contributed by atoms with Gasteiger partial charge in [-0.1, -0.05) is 32.3 Å². The largest absolute Gasteiger partial charge is 0.382 e. The molecule has 1 aliphatic carbocycles. The summed E-state index contributed by atoms with van der Waals surface area (Å²) in [5, 5.41) is 14.2. The molecule has 1 aliphatic rings. The average Bonchev–Trinajstić information content (AvgIpc) is 2.64. The minimum absolute atomic E-state index is 0.157. The minimum atomic E-state index is -0.342. The summed E-state index contributed by atoms with van der Waals surface area (Å²) in [7, 11) is 0. The zero-order chi connectivity index (χ0) is 13.7. The summed E-state index contributed by atoms with van der Waals surface area (Å²) in [6.45, 7) is 2.26. The average molecular weight is 262 g/mol. The number of benzene rings is 1. The lowest BCUT2D eigenvalue weighted by Gasteiger charge is -2.17. The lowest BCUT2D eigenvalue weighted by atomic mass is 9.98. The third-order valence-corrected chi connectivity index (χ3v) is 4.09. The van der Waals surface area contributed by atoms with Crippen LogP contribution >= 0.6 is 0 Å². The first-order chi connectivity index (χ1) is 9.19. The topological polar surface area (TPSA) is 55.2 Å². The van der Waals surface area contributed by atoms with E-state index in [0.717, 1.165) is 11.6 Å². The Morgan fingerprint density at radius 2 is 2.16 bits per heavy atom. The number of nitrogens with one attached hydrogen (secondary N) is 1. The fourth-order valence-corrected chi connectivity index (χ4v) is 2.88. The fourth-order valence-electron chi connectivity index (χ4n) is 2.88. The molecule has 0 bridgehead atoms. The molecule has 0 heterocycles. The third-order valence-electron chi connectivity index (χ3n) is 4.09. The third kappa shape index (κ3) is 3.94. The van der Waals surface area contributed by atoms with Gasteiger partial charge in [0.2, 0.25) is 0 Å². The van der Waals surface area contributed by atoms with Crippen molar-refractivity contribution in [1.29, 1.82) is 0 Å². The van der Waals surface area contributed by atoms with Crippen molar-refractivity contribution in [3.63, 3.8) is 0 Å². The number of non-ortho nitro benzene ring substituents is 1. The number of hydrogen-bond donors (Lipinski definition) is 1. The highest BCUT2D eigenvalue weighted by molar-refractivity contribution is 5.51. The van der Waals surface area contributed by atoms with Crippen molar-refractivity contribution in [3.05, 3.63) is 34.4 Å². The van der Waals surface area contributed by atoms with Crippen LogP contribution in [0.2, 0.25) is 0 Å². The van der Waals surface area contributed by atoms with Crippen LogP contribution < -0.4 is 5.32 Å². The quantitative estimate of drug-likeness (QED) is 0.498. The molecule has 4 nitrogen and oxygen atoms in total. The lowest BCUT2D eigenvalue weighted by Crippen LogP contribution is -2.18. The Hall–Kier alpha value is -1.58. The molecule has 1 aromatic carbocycles. The first-order valence-electron chi connectivity index (χ1n) is 7.20. The van der Waals surface area contributed by atoms with Crippen molar-refractivity contribution in [2.75, 3.05) is 5.32 Å². The van der Waals surface area contributed by atoms with E-state index >= 15 is 0 Å². The van der Waals surface area contributed by atoms with Crippen LogP contribution in [0.4, 0.5) is 11.4 Å². The van der Waals surface area contributed by atoms with E-state index in [1.807, 2.05) is 6.07 Å². The molecule has 0 radical (unpaired) electrons. The number of nitro groups is 1. The molecule has 2 rings (SSSR count). The summed E-state index contributed by atoms with van der Waals surface area (Å²) in [5.74, 6) is 0.858. The molecule has 2 atom stereocenters. The van der Waals surface area contributed by atoms with E-state index in [0.29, 0.717) is 6.04 Å². The molecule has 0 spiro atoms. The number of anilines is 1. The van der Waals surface area contributed by atoms with Gasteiger partial charge in [0, 0.05) is 23.9 Å². The van der Waals surface area contributed by atoms with E-state index in [-0.39, 0.29) is 10.6 Å². The van der Waals surface area contributed by atoms with Gasteiger partial charge in [0.25, 0.3) is 5.69 Å². The van der Waals surface area contributed by atoms with Crippen LogP contribution in [0.3, 0.4) is 0 Å². The van der Waals surface area contributed by atoms with Crippen molar-refractivity contribution in [2.45, 2.75) is 51.5 Å². The van der Waals surface area contributed by atoms with Crippen molar-refractivity contribution in [3.8, 4) is 0 Å². The Morgan fingerprint density at radius 3 is 2.89 bits per heavy atom. The maximum atomic E-state index is 10.8. The molecule has 0 aromatic heterocycles. The van der Waals surface area contributed by atoms with E-state index in [4.69, 9.17) is 0 Å². The van der Waals surface area contributed by atoms with Gasteiger partial charge in [-0.2, -0.15) is 0 Å². The van der Waals surface area contributed by atoms with E-state index in [9.17, 15) is 10.1 Å². The van der Waals surface area contributed by atoms with Crippen LogP contribution in [0.5, 0.6) is 0 Å². The summed E-state index contributed by atoms with van der Waals surface area (Å²) in [6, 6.07) is 7.27. The second-order valence-corrected chi connectivity index (χ2v) is 5.43. The van der Waals surface area contributed by atoms with Gasteiger partial charge in [-0.05, 0) is 31.2 Å². The zero-order valence-corrected chi connectivity index (χ0v) is 11.5. The fraction of sp³-hybridized carbons (Fsp3) is 0.600. The van der Waals surface area contributed by atoms with Crippen molar-refractivity contribution < 1.29 is 4.92 Å². The molecule has 0 amide bonds. The molecule has 4 heteroatoms. The lowest BCUT2D eigenvalue weighted by molar-refractivity contribution is -0.384. The van der Waals surface area contributed by atoms with Crippen LogP contribution in [-0.4, -0.2) is 11.0 Å². The van der Waals surface area contributed by atoms with Crippen LogP contribution in [0, 0.1) is 16.0 Å². The monoisotopic (exact) mass is 262 g/mol. The van der Waals surface area contributed by atoms with Crippen LogP contribution in [0.15, 0.2) is 24.3 Å². The molecule has 2 unspecified atom stereocenters. The predicted molar refractivity (Wildman–Crippen MR) is 77.4 cm³/mol. The molecular weight excluding hydrogens is 240 g/mol. The van der Waals surface area contributed by atoms with Gasteiger partial charge in [-0.15, -0.1) is 0 Å². The number of nitro benzene ring substituents is 1. The molecule has 19 heavy (non-hydrogen) atoms. The van der Waals surface area contributed by atoms with Crippen LogP contribution in [0.1, 0.15) is 45.4 Å². The first kappa shape index (κ1) is 13.8. The van der Waals surface area contributed by atoms with Gasteiger partial charge in [0.05, 0.1) is 4.92 Å². The summed E-state index contributed by atoms with van der Waals surface area (Å²) < 4.78 is 0. The maximum Gasteiger partial charge on any atom is 0.271 e. The molecule has 1 saturated carbocycles. The molecule has 1 fully saturated rings. The van der Waals surface area contributed by atoms with Crippen LogP contribution in [-0.2, 0) is 0 Å².